The second-order valence-corrected chi connectivity index (χ2v) is 7.61. The summed E-state index contributed by atoms with van der Waals surface area (Å²) in [5.74, 6) is 0.0537. The number of carbonyl (C=O) groups is 2. The molecule has 32 heavy (non-hydrogen) atoms. The molecule has 0 aliphatic heterocycles. The summed E-state index contributed by atoms with van der Waals surface area (Å²) in [6.45, 7) is 0.661. The number of hydroxylamine groups is 1. The molecule has 0 unspecified atom stereocenters. The number of carbonyl (C=O) groups excluding carboxylic acids is 2. The Hall–Kier alpha value is -3.50. The molecule has 166 valence electrons. The first-order valence-corrected chi connectivity index (χ1v) is 10.5. The molecule has 0 aliphatic rings. The first kappa shape index (κ1) is 23.2. The third-order valence-corrected chi connectivity index (χ3v) is 5.04. The summed E-state index contributed by atoms with van der Waals surface area (Å²) in [6.07, 6.45) is 2.72. The van der Waals surface area contributed by atoms with E-state index >= 15 is 0 Å². The van der Waals surface area contributed by atoms with Gasteiger partial charge in [0.25, 0.3) is 5.91 Å². The van der Waals surface area contributed by atoms with Crippen LogP contribution >= 0.6 is 15.9 Å². The van der Waals surface area contributed by atoms with Crippen LogP contribution in [0.2, 0.25) is 0 Å². The average molecular weight is 500 g/mol. The molecule has 0 aliphatic carbocycles. The molecule has 1 heterocycles. The fourth-order valence-corrected chi connectivity index (χ4v) is 3.44. The van der Waals surface area contributed by atoms with Crippen LogP contribution in [-0.4, -0.2) is 40.6 Å². The number of benzene rings is 2. The molecule has 10 heteroatoms. The maximum Gasteiger partial charge on any atom is 0.277 e. The molecule has 0 fully saturated rings. The van der Waals surface area contributed by atoms with E-state index < -0.39 is 5.91 Å². The molecular weight excluding hydrogens is 478 g/mol. The number of amides is 2. The molecule has 0 saturated heterocycles. The van der Waals surface area contributed by atoms with Crippen LogP contribution in [0.15, 0.2) is 65.4 Å². The lowest BCUT2D eigenvalue weighted by atomic mass is 10.1. The second kappa shape index (κ2) is 11.2. The monoisotopic (exact) mass is 499 g/mol. The number of ether oxygens (including phenoxy) is 1. The maximum absolute atomic E-state index is 13.2. The third kappa shape index (κ3) is 6.02. The summed E-state index contributed by atoms with van der Waals surface area (Å²) in [4.78, 5) is 34.2. The number of rotatable bonds is 9. The summed E-state index contributed by atoms with van der Waals surface area (Å²) in [7, 11) is 1.57. The fourth-order valence-electron chi connectivity index (χ4n) is 3.00. The van der Waals surface area contributed by atoms with Crippen LogP contribution in [0.3, 0.4) is 0 Å². The SMILES string of the molecule is COc1ccccc1N(Cc1cccc(Br)c1)C(=O)CCNc1ncc(C(=O)NO)cn1. The molecular formula is C22H22BrN5O4. The molecule has 2 aromatic carbocycles. The van der Waals surface area contributed by atoms with Gasteiger partial charge in [0, 0.05) is 29.8 Å². The number of nitrogens with one attached hydrogen (secondary N) is 2. The van der Waals surface area contributed by atoms with E-state index in [4.69, 9.17) is 9.94 Å². The third-order valence-electron chi connectivity index (χ3n) is 4.54. The second-order valence-electron chi connectivity index (χ2n) is 6.69. The highest BCUT2D eigenvalue weighted by molar-refractivity contribution is 9.10. The number of halogens is 1. The maximum atomic E-state index is 13.2. The van der Waals surface area contributed by atoms with Crippen molar-refractivity contribution in [1.29, 1.82) is 0 Å². The molecule has 0 spiro atoms. The van der Waals surface area contributed by atoms with Crippen LogP contribution in [0.1, 0.15) is 22.3 Å². The van der Waals surface area contributed by atoms with E-state index in [1.807, 2.05) is 48.5 Å². The van der Waals surface area contributed by atoms with Gasteiger partial charge in [-0.3, -0.25) is 14.8 Å². The largest absolute Gasteiger partial charge is 0.495 e. The van der Waals surface area contributed by atoms with E-state index in [1.54, 1.807) is 12.0 Å². The molecule has 3 aromatic rings. The van der Waals surface area contributed by atoms with E-state index in [2.05, 4.69) is 31.2 Å². The predicted octanol–water partition coefficient (Wildman–Crippen LogP) is 3.40. The van der Waals surface area contributed by atoms with Crippen molar-refractivity contribution in [2.75, 3.05) is 23.9 Å². The number of para-hydroxylation sites is 2. The number of hydrogen-bond donors (Lipinski definition) is 3. The lowest BCUT2D eigenvalue weighted by Crippen LogP contribution is -2.32. The molecule has 1 aromatic heterocycles. The van der Waals surface area contributed by atoms with Crippen molar-refractivity contribution in [3.05, 3.63) is 76.5 Å². The molecule has 0 atom stereocenters. The van der Waals surface area contributed by atoms with E-state index in [1.165, 1.54) is 17.9 Å². The molecule has 0 bridgehead atoms. The van der Waals surface area contributed by atoms with Crippen molar-refractivity contribution in [1.82, 2.24) is 15.4 Å². The highest BCUT2D eigenvalue weighted by Crippen LogP contribution is 2.30. The van der Waals surface area contributed by atoms with Crippen molar-refractivity contribution in [3.8, 4) is 5.75 Å². The number of nitrogens with zero attached hydrogens (tertiary/aromatic N) is 3. The Kier molecular flexibility index (Phi) is 8.12. The van der Waals surface area contributed by atoms with Crippen molar-refractivity contribution in [2.45, 2.75) is 13.0 Å². The topological polar surface area (TPSA) is 117 Å². The average Bonchev–Trinajstić information content (AvgIpc) is 2.82. The van der Waals surface area contributed by atoms with Crippen LogP contribution in [0.25, 0.3) is 0 Å². The van der Waals surface area contributed by atoms with Crippen LogP contribution in [0, 0.1) is 0 Å². The highest BCUT2D eigenvalue weighted by atomic mass is 79.9. The minimum Gasteiger partial charge on any atom is -0.495 e. The van der Waals surface area contributed by atoms with E-state index in [0.717, 1.165) is 10.0 Å². The Labute approximate surface area is 193 Å². The molecule has 0 radical (unpaired) electrons. The van der Waals surface area contributed by atoms with Crippen molar-refractivity contribution in [2.24, 2.45) is 0 Å². The van der Waals surface area contributed by atoms with Crippen molar-refractivity contribution < 1.29 is 19.5 Å². The summed E-state index contributed by atoms with van der Waals surface area (Å²) in [5.41, 5.74) is 3.27. The van der Waals surface area contributed by atoms with Crippen LogP contribution < -0.4 is 20.4 Å². The number of methoxy groups -OCH3 is 1. The molecule has 2 amide bonds. The van der Waals surface area contributed by atoms with Crippen molar-refractivity contribution >= 4 is 39.4 Å². The van der Waals surface area contributed by atoms with Gasteiger partial charge in [0.1, 0.15) is 5.75 Å². The molecule has 3 N–H and O–H groups in total. The van der Waals surface area contributed by atoms with Gasteiger partial charge in [0.15, 0.2) is 0 Å². The van der Waals surface area contributed by atoms with E-state index in [-0.39, 0.29) is 30.4 Å². The summed E-state index contributed by atoms with van der Waals surface area (Å²) in [5, 5.41) is 11.6. The van der Waals surface area contributed by atoms with Crippen LogP contribution in [0.5, 0.6) is 5.75 Å². The lowest BCUT2D eigenvalue weighted by molar-refractivity contribution is -0.118. The van der Waals surface area contributed by atoms with Gasteiger partial charge >= 0.3 is 0 Å². The highest BCUT2D eigenvalue weighted by Gasteiger charge is 2.20. The van der Waals surface area contributed by atoms with Gasteiger partial charge in [-0.15, -0.1) is 0 Å². The first-order chi connectivity index (χ1) is 15.5. The normalized spacial score (nSPS) is 10.3. The minimum absolute atomic E-state index is 0.113. The predicted molar refractivity (Wildman–Crippen MR) is 123 cm³/mol. The Morgan fingerprint density at radius 1 is 1.12 bits per heavy atom. The zero-order valence-electron chi connectivity index (χ0n) is 17.3. The smallest absolute Gasteiger partial charge is 0.277 e. The van der Waals surface area contributed by atoms with Crippen LogP contribution in [-0.2, 0) is 11.3 Å². The van der Waals surface area contributed by atoms with E-state index in [9.17, 15) is 9.59 Å². The fraction of sp³-hybridized carbons (Fsp3) is 0.182. The summed E-state index contributed by atoms with van der Waals surface area (Å²) in [6, 6.07) is 15.1. The van der Waals surface area contributed by atoms with E-state index in [0.29, 0.717) is 18.0 Å². The Morgan fingerprint density at radius 3 is 2.56 bits per heavy atom. The standard InChI is InChI=1S/C22H22BrN5O4/c1-32-19-8-3-2-7-18(19)28(14-15-5-4-6-17(23)11-15)20(29)9-10-24-22-25-12-16(13-26-22)21(30)27-31/h2-8,11-13,31H,9-10,14H2,1H3,(H,27,30)(H,24,25,26). The van der Waals surface area contributed by atoms with Gasteiger partial charge in [-0.1, -0.05) is 40.2 Å². The Bertz CT molecular complexity index is 1080. The van der Waals surface area contributed by atoms with Gasteiger partial charge in [-0.25, -0.2) is 15.4 Å². The van der Waals surface area contributed by atoms with Gasteiger partial charge < -0.3 is 15.0 Å². The van der Waals surface area contributed by atoms with Gasteiger partial charge in [-0.05, 0) is 29.8 Å². The molecule has 3 rings (SSSR count). The lowest BCUT2D eigenvalue weighted by Gasteiger charge is -2.25. The van der Waals surface area contributed by atoms with Crippen molar-refractivity contribution in [3.63, 3.8) is 0 Å². The quantitative estimate of drug-likeness (QED) is 0.305. The number of anilines is 2. The van der Waals surface area contributed by atoms with Crippen LogP contribution in [0.4, 0.5) is 11.6 Å². The van der Waals surface area contributed by atoms with Gasteiger partial charge in [-0.2, -0.15) is 0 Å². The molecule has 0 saturated carbocycles. The zero-order chi connectivity index (χ0) is 22.9. The Morgan fingerprint density at radius 2 is 1.88 bits per heavy atom. The van der Waals surface area contributed by atoms with Gasteiger partial charge in [0.2, 0.25) is 11.9 Å². The summed E-state index contributed by atoms with van der Waals surface area (Å²) >= 11 is 3.47. The number of aromatic nitrogens is 2. The number of hydrogen-bond acceptors (Lipinski definition) is 7. The summed E-state index contributed by atoms with van der Waals surface area (Å²) < 4.78 is 6.39. The minimum atomic E-state index is -0.702. The Balaban J connectivity index is 1.71. The zero-order valence-corrected chi connectivity index (χ0v) is 18.9. The molecule has 9 nitrogen and oxygen atoms in total. The van der Waals surface area contributed by atoms with Gasteiger partial charge in [0.05, 0.1) is 24.9 Å². The first-order valence-electron chi connectivity index (χ1n) is 9.70.